The van der Waals surface area contributed by atoms with Crippen molar-refractivity contribution < 1.29 is 14.3 Å². The number of ether oxygens (including phenoxy) is 2. The number of carbonyl (C=O) groups excluding carboxylic acids is 1. The fraction of sp³-hybridized carbons (Fsp3) is 0.167. The molecule has 0 radical (unpaired) electrons. The van der Waals surface area contributed by atoms with E-state index in [0.717, 1.165) is 0 Å². The minimum absolute atomic E-state index is 0.273. The molecule has 102 valence electrons. The zero-order valence-electron chi connectivity index (χ0n) is 10.6. The number of nitriles is 2. The smallest absolute Gasteiger partial charge is 0.341 e. The maximum atomic E-state index is 11.6. The van der Waals surface area contributed by atoms with E-state index in [1.54, 1.807) is 18.2 Å². The lowest BCUT2D eigenvalue weighted by Gasteiger charge is -2.11. The second-order valence-electron chi connectivity index (χ2n) is 3.32. The van der Waals surface area contributed by atoms with Crippen molar-refractivity contribution in [2.45, 2.75) is 0 Å². The second-order valence-corrected chi connectivity index (χ2v) is 4.48. The van der Waals surface area contributed by atoms with Gasteiger partial charge < -0.3 is 9.47 Å². The van der Waals surface area contributed by atoms with E-state index in [0.29, 0.717) is 15.0 Å². The molecular weight excluding hydrogens is 375 g/mol. The summed E-state index contributed by atoms with van der Waals surface area (Å²) in [7, 11) is 2.69. The SMILES string of the molecule is COC(=O)c1cc(I)c(NN=C(C#N)C#N)cc1OC. The van der Waals surface area contributed by atoms with Crippen LogP contribution in [0.3, 0.4) is 0 Å². The van der Waals surface area contributed by atoms with E-state index in [4.69, 9.17) is 15.3 Å². The first-order valence-electron chi connectivity index (χ1n) is 5.17. The highest BCUT2D eigenvalue weighted by molar-refractivity contribution is 14.1. The Bertz CT molecular complexity index is 627. The Kier molecular flexibility index (Phi) is 5.74. The topological polar surface area (TPSA) is 107 Å². The first kappa shape index (κ1) is 15.7. The molecule has 0 spiro atoms. The van der Waals surface area contributed by atoms with Crippen LogP contribution in [0.25, 0.3) is 0 Å². The Morgan fingerprint density at radius 2 is 2.00 bits per heavy atom. The lowest BCUT2D eigenvalue weighted by Crippen LogP contribution is -2.06. The van der Waals surface area contributed by atoms with E-state index in [1.165, 1.54) is 20.3 Å². The summed E-state index contributed by atoms with van der Waals surface area (Å²) in [6.45, 7) is 0. The maximum absolute atomic E-state index is 11.6. The number of esters is 1. The van der Waals surface area contributed by atoms with Gasteiger partial charge in [-0.15, -0.1) is 0 Å². The zero-order chi connectivity index (χ0) is 15.1. The summed E-state index contributed by atoms with van der Waals surface area (Å²) in [4.78, 5) is 11.6. The average Bonchev–Trinajstić information content (AvgIpc) is 2.48. The van der Waals surface area contributed by atoms with E-state index in [9.17, 15) is 4.79 Å². The molecule has 7 nitrogen and oxygen atoms in total. The van der Waals surface area contributed by atoms with E-state index in [-0.39, 0.29) is 11.3 Å². The summed E-state index contributed by atoms with van der Waals surface area (Å²) < 4.78 is 10.4. The molecule has 0 aliphatic heterocycles. The van der Waals surface area contributed by atoms with Crippen molar-refractivity contribution in [3.05, 3.63) is 21.3 Å². The number of hydrogen-bond acceptors (Lipinski definition) is 7. The summed E-state index contributed by atoms with van der Waals surface area (Å²) in [6, 6.07) is 6.34. The number of methoxy groups -OCH3 is 2. The first-order valence-corrected chi connectivity index (χ1v) is 6.25. The van der Waals surface area contributed by atoms with E-state index >= 15 is 0 Å². The number of halogens is 1. The maximum Gasteiger partial charge on any atom is 0.341 e. The average molecular weight is 384 g/mol. The Balaban J connectivity index is 3.19. The van der Waals surface area contributed by atoms with Gasteiger partial charge in [-0.2, -0.15) is 15.6 Å². The van der Waals surface area contributed by atoms with Gasteiger partial charge in [-0.05, 0) is 28.7 Å². The van der Waals surface area contributed by atoms with Gasteiger partial charge in [0.2, 0.25) is 5.71 Å². The van der Waals surface area contributed by atoms with Crippen LogP contribution in [-0.4, -0.2) is 25.9 Å². The molecule has 0 amide bonds. The van der Waals surface area contributed by atoms with Crippen molar-refractivity contribution in [3.8, 4) is 17.9 Å². The monoisotopic (exact) mass is 384 g/mol. The minimum Gasteiger partial charge on any atom is -0.496 e. The molecule has 1 rings (SSSR count). The number of anilines is 1. The lowest BCUT2D eigenvalue weighted by atomic mass is 10.2. The van der Waals surface area contributed by atoms with Crippen LogP contribution in [-0.2, 0) is 4.74 Å². The molecule has 0 saturated heterocycles. The highest BCUT2D eigenvalue weighted by Gasteiger charge is 2.16. The van der Waals surface area contributed by atoms with Crippen molar-refractivity contribution in [3.63, 3.8) is 0 Å². The zero-order valence-corrected chi connectivity index (χ0v) is 12.8. The molecule has 0 aromatic heterocycles. The predicted molar refractivity (Wildman–Crippen MR) is 79.3 cm³/mol. The number of hydrazone groups is 1. The van der Waals surface area contributed by atoms with Gasteiger partial charge in [-0.1, -0.05) is 0 Å². The summed E-state index contributed by atoms with van der Waals surface area (Å²) in [5.74, 6) is -0.227. The van der Waals surface area contributed by atoms with Crippen LogP contribution >= 0.6 is 22.6 Å². The molecule has 0 bridgehead atoms. The molecule has 0 heterocycles. The van der Waals surface area contributed by atoms with E-state index in [2.05, 4.69) is 15.3 Å². The molecule has 1 aromatic carbocycles. The number of benzene rings is 1. The molecule has 20 heavy (non-hydrogen) atoms. The number of nitrogens with zero attached hydrogens (tertiary/aromatic N) is 3. The Hall–Kier alpha value is -2.33. The molecule has 0 unspecified atom stereocenters. The van der Waals surface area contributed by atoms with Crippen molar-refractivity contribution in [2.24, 2.45) is 5.10 Å². The third-order valence-electron chi connectivity index (χ3n) is 2.19. The van der Waals surface area contributed by atoms with Crippen LogP contribution in [0.15, 0.2) is 17.2 Å². The van der Waals surface area contributed by atoms with Crippen molar-refractivity contribution in [2.75, 3.05) is 19.6 Å². The first-order chi connectivity index (χ1) is 9.57. The Labute approximate surface area is 128 Å². The van der Waals surface area contributed by atoms with Crippen LogP contribution in [0, 0.1) is 26.2 Å². The number of rotatable bonds is 4. The van der Waals surface area contributed by atoms with Crippen LogP contribution in [0.4, 0.5) is 5.69 Å². The number of nitrogens with one attached hydrogen (secondary N) is 1. The van der Waals surface area contributed by atoms with E-state index < -0.39 is 5.97 Å². The van der Waals surface area contributed by atoms with Gasteiger partial charge in [0.05, 0.1) is 19.9 Å². The van der Waals surface area contributed by atoms with Gasteiger partial charge in [0.15, 0.2) is 0 Å². The normalized spacial score (nSPS) is 8.85. The van der Waals surface area contributed by atoms with Crippen molar-refractivity contribution in [1.82, 2.24) is 0 Å². The van der Waals surface area contributed by atoms with Gasteiger partial charge in [0, 0.05) is 9.64 Å². The molecule has 0 fully saturated rings. The van der Waals surface area contributed by atoms with Gasteiger partial charge in [0.1, 0.15) is 23.5 Å². The van der Waals surface area contributed by atoms with Gasteiger partial charge >= 0.3 is 5.97 Å². The summed E-state index contributed by atoms with van der Waals surface area (Å²) in [5, 5.41) is 20.8. The second kappa shape index (κ2) is 7.31. The summed E-state index contributed by atoms with van der Waals surface area (Å²) >= 11 is 1.98. The third-order valence-corrected chi connectivity index (χ3v) is 3.09. The molecule has 0 aliphatic carbocycles. The summed E-state index contributed by atoms with van der Waals surface area (Å²) in [6.07, 6.45) is 0. The lowest BCUT2D eigenvalue weighted by molar-refractivity contribution is 0.0597. The molecule has 1 N–H and O–H groups in total. The number of carbonyl (C=O) groups is 1. The highest BCUT2D eigenvalue weighted by atomic mass is 127. The minimum atomic E-state index is -0.524. The molecule has 0 saturated carbocycles. The molecular formula is C12H9IN4O3. The van der Waals surface area contributed by atoms with Crippen LogP contribution in [0.1, 0.15) is 10.4 Å². The predicted octanol–water partition coefficient (Wildman–Crippen LogP) is 1.90. The Morgan fingerprint density at radius 3 is 2.50 bits per heavy atom. The summed E-state index contributed by atoms with van der Waals surface area (Å²) in [5.41, 5.74) is 3.04. The van der Waals surface area contributed by atoms with E-state index in [1.807, 2.05) is 22.6 Å². The van der Waals surface area contributed by atoms with Gasteiger partial charge in [0.25, 0.3) is 0 Å². The van der Waals surface area contributed by atoms with Crippen molar-refractivity contribution >= 4 is 40.0 Å². The van der Waals surface area contributed by atoms with Gasteiger partial charge in [-0.25, -0.2) is 4.79 Å². The molecule has 0 aliphatic rings. The van der Waals surface area contributed by atoms with Crippen LogP contribution in [0.2, 0.25) is 0 Å². The van der Waals surface area contributed by atoms with Crippen molar-refractivity contribution in [1.29, 1.82) is 10.5 Å². The number of hydrogen-bond donors (Lipinski definition) is 1. The van der Waals surface area contributed by atoms with Crippen LogP contribution in [0.5, 0.6) is 5.75 Å². The largest absolute Gasteiger partial charge is 0.496 e. The quantitative estimate of drug-likeness (QED) is 0.368. The van der Waals surface area contributed by atoms with Gasteiger partial charge in [-0.3, -0.25) is 5.43 Å². The molecule has 0 atom stereocenters. The third kappa shape index (κ3) is 3.59. The fourth-order valence-corrected chi connectivity index (χ4v) is 1.86. The fourth-order valence-electron chi connectivity index (χ4n) is 1.27. The van der Waals surface area contributed by atoms with Crippen LogP contribution < -0.4 is 10.2 Å². The Morgan fingerprint density at radius 1 is 1.35 bits per heavy atom. The molecule has 1 aromatic rings. The molecule has 8 heteroatoms. The highest BCUT2D eigenvalue weighted by Crippen LogP contribution is 2.29. The standard InChI is InChI=1S/C12H9IN4O3/c1-19-11-4-10(17-16-7(5-14)6-15)9(13)3-8(11)12(18)20-2/h3-4,17H,1-2H3.